The summed E-state index contributed by atoms with van der Waals surface area (Å²) in [5, 5.41) is 8.27. The minimum atomic E-state index is -1.55. The fourth-order valence-electron chi connectivity index (χ4n) is 7.72. The van der Waals surface area contributed by atoms with Gasteiger partial charge in [0.2, 0.25) is 5.91 Å². The molecule has 50 heavy (non-hydrogen) atoms. The summed E-state index contributed by atoms with van der Waals surface area (Å²) in [6.07, 6.45) is 7.32. The van der Waals surface area contributed by atoms with E-state index in [1.807, 2.05) is 49.4 Å². The molecule has 4 aliphatic rings. The van der Waals surface area contributed by atoms with Crippen molar-refractivity contribution in [3.63, 3.8) is 0 Å². The fourth-order valence-corrected chi connectivity index (χ4v) is 10.6. The Balaban J connectivity index is 1.36. The van der Waals surface area contributed by atoms with Crippen molar-refractivity contribution < 1.29 is 28.3 Å². The molecule has 1 aromatic heterocycles. The lowest BCUT2D eigenvalue weighted by Crippen LogP contribution is -2.61. The molecule has 2 aliphatic heterocycles. The lowest BCUT2D eigenvalue weighted by molar-refractivity contribution is -0.165. The predicted molar refractivity (Wildman–Crippen MR) is 194 cm³/mol. The van der Waals surface area contributed by atoms with Crippen molar-refractivity contribution >= 4 is 49.7 Å². The van der Waals surface area contributed by atoms with Gasteiger partial charge >= 0.3 is 5.97 Å². The van der Waals surface area contributed by atoms with E-state index < -0.39 is 44.5 Å². The summed E-state index contributed by atoms with van der Waals surface area (Å²) in [5.74, 6) is -1.58. The Labute approximate surface area is 297 Å². The van der Waals surface area contributed by atoms with E-state index in [1.165, 1.54) is 5.01 Å². The average molecular weight is 704 g/mol. The molecule has 11 nitrogen and oxygen atoms in total. The molecule has 2 unspecified atom stereocenters. The summed E-state index contributed by atoms with van der Waals surface area (Å²) in [6.45, 7) is 12.8. The number of cyclic esters (lactones) is 1. The number of esters is 1. The van der Waals surface area contributed by atoms with Crippen LogP contribution < -0.4 is 16.1 Å². The van der Waals surface area contributed by atoms with Crippen molar-refractivity contribution in [2.75, 3.05) is 6.54 Å². The predicted octanol–water partition coefficient (Wildman–Crippen LogP) is 4.86. The first kappa shape index (κ1) is 36.2. The lowest BCUT2D eigenvalue weighted by Gasteiger charge is -2.35. The average Bonchev–Trinajstić information content (AvgIpc) is 3.85. The molecule has 3 fully saturated rings. The van der Waals surface area contributed by atoms with Gasteiger partial charge < -0.3 is 19.8 Å². The van der Waals surface area contributed by atoms with E-state index in [0.717, 1.165) is 35.7 Å². The maximum Gasteiger partial charge on any atom is 0.316 e. The first-order valence-corrected chi connectivity index (χ1v) is 20.3. The van der Waals surface area contributed by atoms with Crippen molar-refractivity contribution in [3.05, 3.63) is 47.7 Å². The minimum absolute atomic E-state index is 0.0765. The molecule has 0 radical (unpaired) electrons. The van der Waals surface area contributed by atoms with Crippen LogP contribution in [-0.4, -0.2) is 73.6 Å². The summed E-state index contributed by atoms with van der Waals surface area (Å²) >= 11 is 0. The van der Waals surface area contributed by atoms with Gasteiger partial charge in [-0.15, -0.1) is 0 Å². The van der Waals surface area contributed by atoms with Crippen LogP contribution in [0.5, 0.6) is 0 Å². The Morgan fingerprint density at radius 1 is 0.940 bits per heavy atom. The molecule has 12 heteroatoms. The molecule has 6 atom stereocenters. The summed E-state index contributed by atoms with van der Waals surface area (Å²) in [4.78, 5) is 59.9. The third-order valence-corrected chi connectivity index (χ3v) is 14.1. The molecule has 2 aromatic rings. The second kappa shape index (κ2) is 14.9. The van der Waals surface area contributed by atoms with E-state index in [9.17, 15) is 19.2 Å². The van der Waals surface area contributed by atoms with E-state index >= 15 is 0 Å². The molecule has 6 rings (SSSR count). The standard InChI is InChI=1S/C38H53N5O6Si/c1-22(2)50(23(3)4)49-29-16-18-38(21-29)17-15-26-9-10-27-13-14-30(41-32(27)20-26)24(5)39-34(44)31-8-7-19-43(42-31)36(46)25(6)40-35(45)33(28-11-12-28)48-37(38)47/h9-10,13-15,17,20,22-25,28-29,31,33,42,50H,7-8,11-12,16,18-19,21H2,1-6H3,(H,39,44)(H,40,45)/b17-15+/t24-,25+,29?,31+,33+,38?/m1/s1. The highest BCUT2D eigenvalue weighted by Crippen LogP contribution is 2.45. The van der Waals surface area contributed by atoms with E-state index in [2.05, 4.69) is 43.8 Å². The largest absolute Gasteiger partial charge is 0.451 e. The molecule has 2 aliphatic carbocycles. The van der Waals surface area contributed by atoms with Crippen molar-refractivity contribution in [1.82, 2.24) is 26.1 Å². The number of aromatic nitrogens is 1. The normalized spacial score (nSPS) is 30.7. The maximum atomic E-state index is 14.4. The first-order valence-electron chi connectivity index (χ1n) is 18.5. The van der Waals surface area contributed by atoms with Gasteiger partial charge in [-0.25, -0.2) is 5.43 Å². The molecular formula is C38H53N5O6Si. The Kier molecular flexibility index (Phi) is 10.8. The van der Waals surface area contributed by atoms with Gasteiger partial charge in [0.1, 0.15) is 12.1 Å². The van der Waals surface area contributed by atoms with Crippen LogP contribution in [0.15, 0.2) is 36.4 Å². The third-order valence-electron chi connectivity index (χ3n) is 10.8. The molecule has 2 saturated carbocycles. The highest BCUT2D eigenvalue weighted by Gasteiger charge is 2.49. The maximum absolute atomic E-state index is 14.4. The van der Waals surface area contributed by atoms with Gasteiger partial charge in [-0.1, -0.05) is 58.0 Å². The molecule has 5 bridgehead atoms. The van der Waals surface area contributed by atoms with E-state index in [1.54, 1.807) is 6.92 Å². The zero-order chi connectivity index (χ0) is 35.7. The number of fused-ring (bicyclic) bond motifs is 4. The van der Waals surface area contributed by atoms with Crippen LogP contribution in [0, 0.1) is 11.3 Å². The zero-order valence-corrected chi connectivity index (χ0v) is 31.4. The van der Waals surface area contributed by atoms with Crippen molar-refractivity contribution in [2.24, 2.45) is 11.3 Å². The van der Waals surface area contributed by atoms with Gasteiger partial charge in [0.15, 0.2) is 15.1 Å². The Bertz CT molecular complexity index is 1640. The van der Waals surface area contributed by atoms with Gasteiger partial charge in [-0.3, -0.25) is 29.2 Å². The number of rotatable bonds is 5. The number of ether oxygens (including phenoxy) is 1. The number of hydrogen-bond acceptors (Lipinski definition) is 8. The molecule has 3 N–H and O–H groups in total. The van der Waals surface area contributed by atoms with Crippen LogP contribution in [0.3, 0.4) is 0 Å². The molecule has 3 amide bonds. The van der Waals surface area contributed by atoms with Gasteiger partial charge in [0.05, 0.1) is 22.7 Å². The quantitative estimate of drug-likeness (QED) is 0.297. The smallest absolute Gasteiger partial charge is 0.316 e. The number of carbonyl (C=O) groups is 4. The Hall–Kier alpha value is -3.61. The number of nitrogens with one attached hydrogen (secondary N) is 3. The molecule has 1 saturated heterocycles. The number of hydrogen-bond donors (Lipinski definition) is 3. The second-order valence-electron chi connectivity index (χ2n) is 15.6. The van der Waals surface area contributed by atoms with Crippen molar-refractivity contribution in [1.29, 1.82) is 0 Å². The van der Waals surface area contributed by atoms with Crippen molar-refractivity contribution in [2.45, 2.75) is 128 Å². The van der Waals surface area contributed by atoms with Crippen LogP contribution in [0.2, 0.25) is 11.1 Å². The number of benzene rings is 1. The number of nitrogens with zero attached hydrogens (tertiary/aromatic N) is 2. The summed E-state index contributed by atoms with van der Waals surface area (Å²) < 4.78 is 13.0. The Morgan fingerprint density at radius 2 is 1.66 bits per heavy atom. The molecule has 270 valence electrons. The van der Waals surface area contributed by atoms with Crippen LogP contribution in [0.1, 0.15) is 104 Å². The highest BCUT2D eigenvalue weighted by molar-refractivity contribution is 6.55. The van der Waals surface area contributed by atoms with Crippen LogP contribution in [0.25, 0.3) is 17.0 Å². The van der Waals surface area contributed by atoms with Gasteiger partial charge in [0.25, 0.3) is 11.8 Å². The van der Waals surface area contributed by atoms with Gasteiger partial charge in [-0.05, 0) is 87.6 Å². The van der Waals surface area contributed by atoms with Crippen LogP contribution in [0.4, 0.5) is 0 Å². The number of amides is 3. The molecule has 3 heterocycles. The fraction of sp³-hybridized carbons (Fsp3) is 0.605. The SMILES string of the molecule is CC(C)[SiH](OC1CCC2(/C=C/c3ccc4ccc(nc4c3)[C@@H](C)NC(=O)[C@@H]3CCCN(N3)C(=O)[C@H](C)NC(=O)[C@H](C3CC3)OC2=O)C1)C(C)C. The van der Waals surface area contributed by atoms with Crippen LogP contribution in [-0.2, 0) is 28.3 Å². The summed E-state index contributed by atoms with van der Waals surface area (Å²) in [5.41, 5.74) is 5.40. The zero-order valence-electron chi connectivity index (χ0n) is 30.2. The third kappa shape index (κ3) is 7.97. The minimum Gasteiger partial charge on any atom is -0.451 e. The first-order chi connectivity index (χ1) is 23.8. The monoisotopic (exact) mass is 703 g/mol. The van der Waals surface area contributed by atoms with E-state index in [-0.39, 0.29) is 29.9 Å². The van der Waals surface area contributed by atoms with E-state index in [0.29, 0.717) is 49.0 Å². The van der Waals surface area contributed by atoms with Crippen LogP contribution >= 0.6 is 0 Å². The topological polar surface area (TPSA) is 139 Å². The van der Waals surface area contributed by atoms with Crippen molar-refractivity contribution in [3.8, 4) is 0 Å². The summed E-state index contributed by atoms with van der Waals surface area (Å²) in [6, 6.07) is 8.03. The molecule has 1 aromatic carbocycles. The van der Waals surface area contributed by atoms with E-state index in [4.69, 9.17) is 14.1 Å². The molecule has 1 spiro atoms. The summed E-state index contributed by atoms with van der Waals surface area (Å²) in [7, 11) is -1.55. The number of carbonyl (C=O) groups excluding carboxylic acids is 4. The Morgan fingerprint density at radius 3 is 2.38 bits per heavy atom. The lowest BCUT2D eigenvalue weighted by atomic mass is 9.85. The van der Waals surface area contributed by atoms with Gasteiger partial charge in [0, 0.05) is 24.0 Å². The molecular weight excluding hydrogens is 651 g/mol. The number of hydrazine groups is 1. The highest BCUT2D eigenvalue weighted by atomic mass is 28.3. The van der Waals surface area contributed by atoms with Gasteiger partial charge in [-0.2, -0.15) is 0 Å². The second-order valence-corrected chi connectivity index (χ2v) is 19.4. The number of pyridine rings is 1.